The van der Waals surface area contributed by atoms with Crippen LogP contribution >= 0.6 is 0 Å². The number of piperidine rings is 1. The Morgan fingerprint density at radius 1 is 1.11 bits per heavy atom. The predicted molar refractivity (Wildman–Crippen MR) is 165 cm³/mol. The van der Waals surface area contributed by atoms with Crippen LogP contribution in [0.15, 0.2) is 30.6 Å². The van der Waals surface area contributed by atoms with Crippen LogP contribution in [0.4, 0.5) is 23.7 Å². The normalized spacial score (nSPS) is 18.6. The van der Waals surface area contributed by atoms with Crippen molar-refractivity contribution in [3.63, 3.8) is 0 Å². The molecule has 0 bridgehead atoms. The van der Waals surface area contributed by atoms with E-state index >= 15 is 0 Å². The van der Waals surface area contributed by atoms with E-state index in [1.54, 1.807) is 39.0 Å². The summed E-state index contributed by atoms with van der Waals surface area (Å²) < 4.78 is 43.1. The van der Waals surface area contributed by atoms with Crippen LogP contribution in [-0.4, -0.2) is 97.2 Å². The zero-order chi connectivity index (χ0) is 34.0. The van der Waals surface area contributed by atoms with Crippen LogP contribution in [0.3, 0.4) is 0 Å². The topological polar surface area (TPSA) is 158 Å². The quantitative estimate of drug-likeness (QED) is 0.413. The number of aromatic nitrogens is 4. The third-order valence-electron chi connectivity index (χ3n) is 8.83. The van der Waals surface area contributed by atoms with Crippen LogP contribution in [0.5, 0.6) is 0 Å². The van der Waals surface area contributed by atoms with Gasteiger partial charge in [0.15, 0.2) is 11.5 Å². The number of nitrogens with zero attached hydrogens (tertiary/aromatic N) is 8. The van der Waals surface area contributed by atoms with Gasteiger partial charge in [0.2, 0.25) is 0 Å². The number of urea groups is 1. The molecule has 250 valence electrons. The lowest BCUT2D eigenvalue weighted by Gasteiger charge is -2.41. The molecule has 0 spiro atoms. The minimum Gasteiger partial charge on any atom is -0.335 e. The summed E-state index contributed by atoms with van der Waals surface area (Å²) in [4.78, 5) is 49.0. The summed E-state index contributed by atoms with van der Waals surface area (Å²) in [5, 5.41) is 15.1. The molecule has 2 fully saturated rings. The molecule has 0 aliphatic carbocycles. The maximum atomic E-state index is 13.7. The second kappa shape index (κ2) is 13.4. The van der Waals surface area contributed by atoms with Crippen LogP contribution in [0, 0.1) is 17.2 Å². The maximum absolute atomic E-state index is 13.7. The highest BCUT2D eigenvalue weighted by atomic mass is 19.4. The number of alkyl halides is 3. The van der Waals surface area contributed by atoms with Crippen molar-refractivity contribution in [3.05, 3.63) is 53.2 Å². The molecule has 16 heteroatoms. The molecule has 13 nitrogen and oxygen atoms in total. The number of carbonyl (C=O) groups is 3. The van der Waals surface area contributed by atoms with Gasteiger partial charge in [-0.15, -0.1) is 0 Å². The molecule has 2 aliphatic rings. The minimum atomic E-state index is -4.79. The summed E-state index contributed by atoms with van der Waals surface area (Å²) in [5.74, 6) is -0.612. The van der Waals surface area contributed by atoms with Gasteiger partial charge in [-0.2, -0.15) is 23.5 Å². The van der Waals surface area contributed by atoms with E-state index in [1.807, 2.05) is 6.92 Å². The molecular weight excluding hydrogens is 617 g/mol. The molecule has 4 amide bonds. The summed E-state index contributed by atoms with van der Waals surface area (Å²) in [6.45, 7) is 6.39. The first-order valence-corrected chi connectivity index (χ1v) is 15.4. The van der Waals surface area contributed by atoms with E-state index in [-0.39, 0.29) is 41.6 Å². The van der Waals surface area contributed by atoms with Crippen LogP contribution < -0.4 is 11.1 Å². The largest absolute Gasteiger partial charge is 0.435 e. The number of nitrogens with one attached hydrogen (secondary N) is 1. The second-order valence-electron chi connectivity index (χ2n) is 11.9. The Morgan fingerprint density at radius 3 is 2.45 bits per heavy atom. The number of rotatable bonds is 6. The second-order valence-corrected chi connectivity index (χ2v) is 11.9. The summed E-state index contributed by atoms with van der Waals surface area (Å²) in [7, 11) is 1.41. The molecule has 2 atom stereocenters. The fourth-order valence-corrected chi connectivity index (χ4v) is 5.95. The number of imidazole rings is 1. The van der Waals surface area contributed by atoms with E-state index in [2.05, 4.69) is 22.3 Å². The number of likely N-dealkylation sites (tertiary alicyclic amines) is 1. The summed E-state index contributed by atoms with van der Waals surface area (Å²) in [6.07, 6.45) is -1.19. The molecule has 47 heavy (non-hydrogen) atoms. The summed E-state index contributed by atoms with van der Waals surface area (Å²) >= 11 is 0. The molecule has 2 aliphatic heterocycles. The Hall–Kier alpha value is -4.91. The highest BCUT2D eigenvalue weighted by Crippen LogP contribution is 2.36. The van der Waals surface area contributed by atoms with Crippen molar-refractivity contribution < 1.29 is 27.6 Å². The fourth-order valence-electron chi connectivity index (χ4n) is 5.95. The van der Waals surface area contributed by atoms with Crippen molar-refractivity contribution in [2.75, 3.05) is 44.6 Å². The molecule has 5 rings (SSSR count). The monoisotopic (exact) mass is 654 g/mol. The van der Waals surface area contributed by atoms with Crippen molar-refractivity contribution in [1.82, 2.24) is 34.0 Å². The molecule has 3 aromatic rings. The summed E-state index contributed by atoms with van der Waals surface area (Å²) in [5.41, 5.74) is 6.23. The van der Waals surface area contributed by atoms with Crippen molar-refractivity contribution in [3.8, 4) is 17.3 Å². The first-order chi connectivity index (χ1) is 22.3. The van der Waals surface area contributed by atoms with E-state index < -0.39 is 17.8 Å². The Bertz CT molecular complexity index is 1700. The molecule has 0 saturated carbocycles. The first-order valence-electron chi connectivity index (χ1n) is 15.4. The maximum Gasteiger partial charge on any atom is 0.435 e. The molecule has 1 aromatic carbocycles. The zero-order valence-electron chi connectivity index (χ0n) is 26.4. The predicted octanol–water partition coefficient (Wildman–Crippen LogP) is 3.19. The van der Waals surface area contributed by atoms with Crippen molar-refractivity contribution in [1.29, 1.82) is 5.26 Å². The van der Waals surface area contributed by atoms with Crippen LogP contribution in [-0.2, 0) is 26.2 Å². The number of benzene rings is 1. The number of hydrogen-bond acceptors (Lipinski definition) is 7. The number of carbonyl (C=O) groups excluding carboxylic acids is 3. The van der Waals surface area contributed by atoms with Gasteiger partial charge >= 0.3 is 12.2 Å². The number of nitriles is 1. The van der Waals surface area contributed by atoms with Gasteiger partial charge in [0.05, 0.1) is 23.5 Å². The molecule has 2 aromatic heterocycles. The van der Waals surface area contributed by atoms with Crippen LogP contribution in [0.2, 0.25) is 0 Å². The lowest BCUT2D eigenvalue weighted by atomic mass is 9.94. The summed E-state index contributed by atoms with van der Waals surface area (Å²) in [6, 6.07) is 6.56. The Labute approximate surface area is 269 Å². The van der Waals surface area contributed by atoms with E-state index in [0.717, 1.165) is 23.5 Å². The van der Waals surface area contributed by atoms with Crippen LogP contribution in [0.25, 0.3) is 11.3 Å². The fraction of sp³-hybridized carbons (Fsp3) is 0.484. The number of aryl methyl sites for hydroxylation is 1. The molecule has 2 unspecified atom stereocenters. The van der Waals surface area contributed by atoms with Crippen molar-refractivity contribution in [2.45, 2.75) is 45.5 Å². The average Bonchev–Trinajstić information content (AvgIpc) is 3.65. The van der Waals surface area contributed by atoms with E-state index in [4.69, 9.17) is 11.0 Å². The molecule has 4 heterocycles. The lowest BCUT2D eigenvalue weighted by Crippen LogP contribution is -2.57. The lowest BCUT2D eigenvalue weighted by molar-refractivity contribution is -0.141. The van der Waals surface area contributed by atoms with Gasteiger partial charge < -0.3 is 30.3 Å². The molecule has 3 N–H and O–H groups in total. The van der Waals surface area contributed by atoms with Gasteiger partial charge in [-0.1, -0.05) is 13.8 Å². The van der Waals surface area contributed by atoms with E-state index in [1.165, 1.54) is 11.6 Å². The van der Waals surface area contributed by atoms with Gasteiger partial charge in [0, 0.05) is 69.8 Å². The Morgan fingerprint density at radius 2 is 1.81 bits per heavy atom. The highest BCUT2D eigenvalue weighted by molar-refractivity contribution is 6.03. The highest BCUT2D eigenvalue weighted by Gasteiger charge is 2.39. The van der Waals surface area contributed by atoms with Gasteiger partial charge in [-0.25, -0.2) is 9.78 Å². The van der Waals surface area contributed by atoms with Gasteiger partial charge in [0.1, 0.15) is 6.54 Å². The van der Waals surface area contributed by atoms with Crippen LogP contribution in [0.1, 0.15) is 52.5 Å². The number of nitrogens with two attached hydrogens (primary N) is 1. The molecule has 0 radical (unpaired) electrons. The SMILES string of the molecule is CCc1cc(NC(=O)c2ncc(-c3cn(CC#N)nc3C(F)(F)F)n2C)ccc1C(=O)N1CCN(C(=O)N2CCC(C)C(N)C2)CC1. The number of piperazine rings is 1. The number of anilines is 1. The van der Waals surface area contributed by atoms with Gasteiger partial charge in [-0.3, -0.25) is 14.3 Å². The zero-order valence-corrected chi connectivity index (χ0v) is 26.4. The minimum absolute atomic E-state index is 0.00208. The number of halogens is 3. The van der Waals surface area contributed by atoms with E-state index in [0.29, 0.717) is 68.4 Å². The van der Waals surface area contributed by atoms with E-state index in [9.17, 15) is 27.6 Å². The standard InChI is InChI=1S/C31H37F3N10O3/c1-4-20-15-21(38-28(45)27-37-16-25(40(27)3)23-17-44(10-8-35)39-26(23)31(32,33)34)5-6-22(20)29(46)41-11-13-42(14-12-41)30(47)43-9-7-19(2)24(36)18-43/h5-6,15-17,19,24H,4,7,9-14,18,36H2,1-3H3,(H,38,45). The number of amides is 4. The Balaban J connectivity index is 1.25. The smallest absolute Gasteiger partial charge is 0.335 e. The molecule has 2 saturated heterocycles. The third kappa shape index (κ3) is 6.94. The third-order valence-corrected chi connectivity index (χ3v) is 8.83. The molecular formula is C31H37F3N10O3. The first kappa shape index (κ1) is 33.5. The Kier molecular flexibility index (Phi) is 9.57. The van der Waals surface area contributed by atoms with Gasteiger partial charge in [-0.05, 0) is 42.5 Å². The number of hydrogen-bond donors (Lipinski definition) is 2. The van der Waals surface area contributed by atoms with Crippen molar-refractivity contribution in [2.24, 2.45) is 18.7 Å². The average molecular weight is 655 g/mol. The van der Waals surface area contributed by atoms with Gasteiger partial charge in [0.25, 0.3) is 11.8 Å². The van der Waals surface area contributed by atoms with Crippen molar-refractivity contribution >= 4 is 23.5 Å².